The lowest BCUT2D eigenvalue weighted by atomic mass is 10.1. The molecular weight excluding hydrogens is 262 g/mol. The largest absolute Gasteiger partial charge is 0.376 e. The van der Waals surface area contributed by atoms with Crippen molar-refractivity contribution in [2.75, 3.05) is 13.2 Å². The Bertz CT molecular complexity index is 416. The van der Waals surface area contributed by atoms with Crippen LogP contribution in [-0.4, -0.2) is 36.3 Å². The molecule has 2 N–H and O–H groups in total. The molecule has 2 amide bonds. The van der Waals surface area contributed by atoms with Crippen LogP contribution in [0.3, 0.4) is 0 Å². The topological polar surface area (TPSA) is 63.2 Å². The molecule has 0 radical (unpaired) electrons. The van der Waals surface area contributed by atoms with E-state index in [1.807, 2.05) is 19.2 Å². The molecule has 106 valence electrons. The lowest BCUT2D eigenvalue weighted by Gasteiger charge is -2.20. The second kappa shape index (κ2) is 6.86. The van der Waals surface area contributed by atoms with Gasteiger partial charge in [0.15, 0.2) is 0 Å². The van der Waals surface area contributed by atoms with Gasteiger partial charge in [-0.2, -0.15) is 0 Å². The van der Waals surface area contributed by atoms with E-state index in [9.17, 15) is 4.79 Å². The second-order valence-electron chi connectivity index (χ2n) is 4.87. The zero-order valence-electron chi connectivity index (χ0n) is 11.4. The molecule has 2 atom stereocenters. The van der Waals surface area contributed by atoms with Crippen LogP contribution in [0.2, 0.25) is 0 Å². The first-order chi connectivity index (χ1) is 9.15. The molecular formula is C13H21N3O2S. The highest BCUT2D eigenvalue weighted by Crippen LogP contribution is 2.15. The van der Waals surface area contributed by atoms with Gasteiger partial charge in [-0.15, -0.1) is 11.3 Å². The monoisotopic (exact) mass is 283 g/mol. The zero-order valence-corrected chi connectivity index (χ0v) is 12.3. The fraction of sp³-hybridized carbons (Fsp3) is 0.692. The van der Waals surface area contributed by atoms with Gasteiger partial charge in [0.1, 0.15) is 0 Å². The summed E-state index contributed by atoms with van der Waals surface area (Å²) >= 11 is 1.63. The van der Waals surface area contributed by atoms with Crippen LogP contribution in [-0.2, 0) is 11.2 Å². The van der Waals surface area contributed by atoms with Crippen molar-refractivity contribution in [3.8, 4) is 0 Å². The van der Waals surface area contributed by atoms with Crippen LogP contribution in [0.1, 0.15) is 30.5 Å². The molecule has 0 bridgehead atoms. The molecule has 1 aliphatic rings. The Morgan fingerprint density at radius 1 is 1.68 bits per heavy atom. The lowest BCUT2D eigenvalue weighted by molar-refractivity contribution is 0.0860. The fourth-order valence-electron chi connectivity index (χ4n) is 2.15. The van der Waals surface area contributed by atoms with Gasteiger partial charge in [0, 0.05) is 30.6 Å². The molecule has 2 heterocycles. The van der Waals surface area contributed by atoms with Crippen molar-refractivity contribution in [1.29, 1.82) is 0 Å². The maximum atomic E-state index is 11.7. The predicted octanol–water partition coefficient (Wildman–Crippen LogP) is 1.86. The van der Waals surface area contributed by atoms with E-state index < -0.39 is 0 Å². The Labute approximate surface area is 117 Å². The van der Waals surface area contributed by atoms with Gasteiger partial charge in [-0.05, 0) is 26.7 Å². The maximum absolute atomic E-state index is 11.7. The van der Waals surface area contributed by atoms with Gasteiger partial charge < -0.3 is 15.4 Å². The number of amides is 2. The Kier molecular flexibility index (Phi) is 5.15. The van der Waals surface area contributed by atoms with Crippen molar-refractivity contribution in [2.24, 2.45) is 0 Å². The van der Waals surface area contributed by atoms with E-state index in [1.165, 1.54) is 0 Å². The third-order valence-corrected chi connectivity index (χ3v) is 4.20. The fourth-order valence-corrected chi connectivity index (χ4v) is 2.92. The number of carbonyl (C=O) groups is 1. The third-order valence-electron chi connectivity index (χ3n) is 3.17. The van der Waals surface area contributed by atoms with Gasteiger partial charge in [-0.25, -0.2) is 9.78 Å². The van der Waals surface area contributed by atoms with E-state index in [1.54, 1.807) is 11.3 Å². The van der Waals surface area contributed by atoms with Crippen LogP contribution < -0.4 is 10.6 Å². The van der Waals surface area contributed by atoms with Gasteiger partial charge in [-0.3, -0.25) is 0 Å². The molecule has 19 heavy (non-hydrogen) atoms. The minimum absolute atomic E-state index is 0.0598. The van der Waals surface area contributed by atoms with Crippen molar-refractivity contribution in [1.82, 2.24) is 15.6 Å². The number of hydrogen-bond donors (Lipinski definition) is 2. The Morgan fingerprint density at radius 3 is 3.16 bits per heavy atom. The summed E-state index contributed by atoms with van der Waals surface area (Å²) in [6, 6.07) is -0.0686. The minimum atomic E-state index is -0.128. The average molecular weight is 283 g/mol. The normalized spacial score (nSPS) is 20.2. The van der Waals surface area contributed by atoms with Gasteiger partial charge in [-0.1, -0.05) is 0 Å². The van der Waals surface area contributed by atoms with Crippen LogP contribution in [0.5, 0.6) is 0 Å². The van der Waals surface area contributed by atoms with Crippen LogP contribution in [0.25, 0.3) is 0 Å². The molecule has 1 saturated heterocycles. The van der Waals surface area contributed by atoms with Crippen LogP contribution in [0.4, 0.5) is 4.79 Å². The number of aromatic nitrogens is 1. The number of carbonyl (C=O) groups excluding carboxylic acids is 1. The van der Waals surface area contributed by atoms with E-state index in [0.29, 0.717) is 6.54 Å². The van der Waals surface area contributed by atoms with Gasteiger partial charge >= 0.3 is 6.03 Å². The summed E-state index contributed by atoms with van der Waals surface area (Å²) in [7, 11) is 0. The SMILES string of the molecule is Cc1csc(CCNC(=O)N[C@H](C)[C@@H]2CCCO2)n1. The highest BCUT2D eigenvalue weighted by Gasteiger charge is 2.23. The number of hydrogen-bond acceptors (Lipinski definition) is 4. The van der Waals surface area contributed by atoms with Crippen LogP contribution >= 0.6 is 11.3 Å². The number of thiazole rings is 1. The first kappa shape index (κ1) is 14.3. The summed E-state index contributed by atoms with van der Waals surface area (Å²) in [6.45, 7) is 5.38. The number of ether oxygens (including phenoxy) is 1. The highest BCUT2D eigenvalue weighted by molar-refractivity contribution is 7.09. The van der Waals surface area contributed by atoms with E-state index in [-0.39, 0.29) is 18.2 Å². The second-order valence-corrected chi connectivity index (χ2v) is 5.82. The molecule has 0 aliphatic carbocycles. The molecule has 1 aromatic rings. The van der Waals surface area contributed by atoms with Crippen LogP contribution in [0, 0.1) is 6.92 Å². The van der Waals surface area contributed by atoms with Gasteiger partial charge in [0.25, 0.3) is 0 Å². The van der Waals surface area contributed by atoms with Crippen molar-refractivity contribution in [3.05, 3.63) is 16.1 Å². The maximum Gasteiger partial charge on any atom is 0.315 e. The Hall–Kier alpha value is -1.14. The summed E-state index contributed by atoms with van der Waals surface area (Å²) in [5, 5.41) is 8.86. The quantitative estimate of drug-likeness (QED) is 0.867. The number of nitrogens with zero attached hydrogens (tertiary/aromatic N) is 1. The zero-order chi connectivity index (χ0) is 13.7. The molecule has 6 heteroatoms. The van der Waals surface area contributed by atoms with Crippen molar-refractivity contribution < 1.29 is 9.53 Å². The molecule has 1 aliphatic heterocycles. The molecule has 1 fully saturated rings. The average Bonchev–Trinajstić information content (AvgIpc) is 3.00. The molecule has 0 unspecified atom stereocenters. The summed E-state index contributed by atoms with van der Waals surface area (Å²) in [6.07, 6.45) is 3.05. The Morgan fingerprint density at radius 2 is 2.53 bits per heavy atom. The van der Waals surface area contributed by atoms with E-state index >= 15 is 0 Å². The molecule has 0 spiro atoms. The van der Waals surface area contributed by atoms with Crippen molar-refractivity contribution >= 4 is 17.4 Å². The van der Waals surface area contributed by atoms with Crippen molar-refractivity contribution in [3.63, 3.8) is 0 Å². The summed E-state index contributed by atoms with van der Waals surface area (Å²) in [5.74, 6) is 0. The number of rotatable bonds is 5. The van der Waals surface area contributed by atoms with E-state index in [2.05, 4.69) is 15.6 Å². The van der Waals surface area contributed by atoms with Gasteiger partial charge in [0.2, 0.25) is 0 Å². The highest BCUT2D eigenvalue weighted by atomic mass is 32.1. The first-order valence-electron chi connectivity index (χ1n) is 6.72. The number of aryl methyl sites for hydroxylation is 1. The molecule has 0 saturated carbocycles. The summed E-state index contributed by atoms with van der Waals surface area (Å²) in [5.41, 5.74) is 1.04. The molecule has 5 nitrogen and oxygen atoms in total. The van der Waals surface area contributed by atoms with Gasteiger partial charge in [0.05, 0.1) is 17.2 Å². The smallest absolute Gasteiger partial charge is 0.315 e. The van der Waals surface area contributed by atoms with Crippen LogP contribution in [0.15, 0.2) is 5.38 Å². The number of urea groups is 1. The van der Waals surface area contributed by atoms with E-state index in [4.69, 9.17) is 4.74 Å². The van der Waals surface area contributed by atoms with Crippen molar-refractivity contribution in [2.45, 2.75) is 45.3 Å². The first-order valence-corrected chi connectivity index (χ1v) is 7.60. The lowest BCUT2D eigenvalue weighted by Crippen LogP contribution is -2.46. The standard InChI is InChI=1S/C13H21N3O2S/c1-9-8-19-12(15-9)5-6-14-13(17)16-10(2)11-4-3-7-18-11/h8,10-11H,3-7H2,1-2H3,(H2,14,16,17)/t10-,11+/m1/s1. The molecule has 0 aromatic carbocycles. The predicted molar refractivity (Wildman–Crippen MR) is 75.5 cm³/mol. The molecule has 1 aromatic heterocycles. The third kappa shape index (κ3) is 4.47. The number of nitrogens with one attached hydrogen (secondary N) is 2. The summed E-state index contributed by atoms with van der Waals surface area (Å²) < 4.78 is 5.54. The minimum Gasteiger partial charge on any atom is -0.376 e. The van der Waals surface area contributed by atoms with E-state index in [0.717, 1.165) is 36.6 Å². The Balaban J connectivity index is 1.64. The summed E-state index contributed by atoms with van der Waals surface area (Å²) in [4.78, 5) is 16.1. The molecule has 2 rings (SSSR count).